The van der Waals surface area contributed by atoms with Crippen LogP contribution in [0.1, 0.15) is 24.2 Å². The molecule has 1 atom stereocenters. The van der Waals surface area contributed by atoms with Crippen molar-refractivity contribution in [3.05, 3.63) is 47.3 Å². The Kier molecular flexibility index (Phi) is 5.38. The monoisotopic (exact) mass is 387 g/mol. The third-order valence-electron chi connectivity index (χ3n) is 3.59. The Morgan fingerprint density at radius 2 is 2.08 bits per heavy atom. The first-order chi connectivity index (χ1) is 12.5. The van der Waals surface area contributed by atoms with Crippen LogP contribution >= 0.6 is 23.1 Å². The normalized spacial score (nSPS) is 11.9. The summed E-state index contributed by atoms with van der Waals surface area (Å²) in [6.07, 6.45) is 0. The third kappa shape index (κ3) is 3.94. The molecule has 2 aromatic heterocycles. The number of thioether (sulfide) groups is 1. The van der Waals surface area contributed by atoms with Crippen molar-refractivity contribution in [2.45, 2.75) is 24.3 Å². The Bertz CT molecular complexity index is 937. The van der Waals surface area contributed by atoms with Gasteiger partial charge in [-0.1, -0.05) is 30.0 Å². The van der Waals surface area contributed by atoms with Crippen LogP contribution in [0.2, 0.25) is 0 Å². The van der Waals surface area contributed by atoms with Crippen molar-refractivity contribution in [3.8, 4) is 10.7 Å². The fraction of sp³-hybridized carbons (Fsp3) is 0.176. The van der Waals surface area contributed by atoms with Crippen LogP contribution in [0.5, 0.6) is 0 Å². The molecule has 3 rings (SSSR count). The first-order valence-corrected chi connectivity index (χ1v) is 9.54. The molecule has 0 aliphatic heterocycles. The number of nitrogens with one attached hydrogen (secondary N) is 1. The zero-order valence-corrected chi connectivity index (χ0v) is 15.8. The van der Waals surface area contributed by atoms with E-state index >= 15 is 0 Å². The van der Waals surface area contributed by atoms with Crippen LogP contribution in [0.15, 0.2) is 46.9 Å². The molecule has 0 aliphatic rings. The number of ketones is 1. The number of nitrogens with zero attached hydrogens (tertiary/aromatic N) is 3. The predicted octanol–water partition coefficient (Wildman–Crippen LogP) is 3.04. The number of amides is 1. The lowest BCUT2D eigenvalue weighted by atomic mass is 10.1. The number of carbonyl (C=O) groups is 2. The van der Waals surface area contributed by atoms with Gasteiger partial charge in [0.1, 0.15) is 0 Å². The summed E-state index contributed by atoms with van der Waals surface area (Å²) in [5.74, 6) is 6.35. The Balaban J connectivity index is 1.68. The van der Waals surface area contributed by atoms with E-state index in [0.29, 0.717) is 22.2 Å². The summed E-state index contributed by atoms with van der Waals surface area (Å²) < 4.78 is 1.39. The van der Waals surface area contributed by atoms with Crippen LogP contribution in [0.3, 0.4) is 0 Å². The highest BCUT2D eigenvalue weighted by atomic mass is 32.2. The van der Waals surface area contributed by atoms with Crippen LogP contribution in [0, 0.1) is 0 Å². The number of Topliss-reactive ketones (excluding diaryl/α,β-unsaturated/α-hetero) is 1. The van der Waals surface area contributed by atoms with Gasteiger partial charge in [0.2, 0.25) is 11.1 Å². The Hall–Kier alpha value is -2.65. The summed E-state index contributed by atoms with van der Waals surface area (Å²) in [6.45, 7) is 3.24. The molecule has 9 heteroatoms. The minimum Gasteiger partial charge on any atom is -0.335 e. The van der Waals surface area contributed by atoms with Gasteiger partial charge in [0.25, 0.3) is 0 Å². The first-order valence-electron chi connectivity index (χ1n) is 7.78. The van der Waals surface area contributed by atoms with Gasteiger partial charge in [-0.05, 0) is 37.4 Å². The molecule has 3 N–H and O–H groups in total. The van der Waals surface area contributed by atoms with Gasteiger partial charge < -0.3 is 11.2 Å². The molecule has 3 aromatic rings. The van der Waals surface area contributed by atoms with Gasteiger partial charge in [-0.15, -0.1) is 21.5 Å². The van der Waals surface area contributed by atoms with Crippen molar-refractivity contribution in [2.24, 2.45) is 0 Å². The molecule has 0 aliphatic carbocycles. The molecule has 0 spiro atoms. The summed E-state index contributed by atoms with van der Waals surface area (Å²) in [5, 5.41) is 12.9. The van der Waals surface area contributed by atoms with Crippen molar-refractivity contribution in [1.82, 2.24) is 14.9 Å². The number of aromatic nitrogens is 3. The van der Waals surface area contributed by atoms with E-state index in [0.717, 1.165) is 4.88 Å². The van der Waals surface area contributed by atoms with Crippen molar-refractivity contribution in [3.63, 3.8) is 0 Å². The molecule has 0 saturated carbocycles. The van der Waals surface area contributed by atoms with E-state index in [1.165, 1.54) is 34.7 Å². The fourth-order valence-electron chi connectivity index (χ4n) is 2.20. The van der Waals surface area contributed by atoms with Crippen LogP contribution in [-0.4, -0.2) is 31.8 Å². The molecule has 134 valence electrons. The highest BCUT2D eigenvalue weighted by molar-refractivity contribution is 8.00. The van der Waals surface area contributed by atoms with Crippen molar-refractivity contribution >= 4 is 40.5 Å². The lowest BCUT2D eigenvalue weighted by Crippen LogP contribution is -2.23. The SMILES string of the molecule is CC(=O)c1cccc(NC(=O)[C@@H](C)Sc2nnc(-c3cccs3)n2N)c1. The Morgan fingerprint density at radius 1 is 1.27 bits per heavy atom. The standard InChI is InChI=1S/C17H17N5O2S2/c1-10(23)12-5-3-6-13(9-12)19-16(24)11(2)26-17-21-20-15(22(17)18)14-7-4-8-25-14/h3-9,11H,18H2,1-2H3,(H,19,24)/t11-/m1/s1. The molecule has 1 aromatic carbocycles. The van der Waals surface area contributed by atoms with E-state index in [2.05, 4.69) is 15.5 Å². The maximum absolute atomic E-state index is 12.4. The summed E-state index contributed by atoms with van der Waals surface area (Å²) in [6, 6.07) is 10.6. The van der Waals surface area contributed by atoms with Gasteiger partial charge in [-0.2, -0.15) is 0 Å². The molecular formula is C17H17N5O2S2. The topological polar surface area (TPSA) is 103 Å². The summed E-state index contributed by atoms with van der Waals surface area (Å²) >= 11 is 2.73. The molecule has 0 radical (unpaired) electrons. The van der Waals surface area contributed by atoms with Gasteiger partial charge >= 0.3 is 0 Å². The molecule has 0 saturated heterocycles. The summed E-state index contributed by atoms with van der Waals surface area (Å²) in [4.78, 5) is 24.8. The molecule has 1 amide bonds. The molecule has 0 unspecified atom stereocenters. The second-order valence-corrected chi connectivity index (χ2v) is 7.80. The van der Waals surface area contributed by atoms with Gasteiger partial charge in [0.05, 0.1) is 10.1 Å². The number of anilines is 1. The molecule has 0 fully saturated rings. The van der Waals surface area contributed by atoms with Crippen LogP contribution in [0.25, 0.3) is 10.7 Å². The number of nitrogen functional groups attached to an aromatic ring is 1. The van der Waals surface area contributed by atoms with E-state index in [1.807, 2.05) is 17.5 Å². The quantitative estimate of drug-likeness (QED) is 0.383. The van der Waals surface area contributed by atoms with E-state index in [1.54, 1.807) is 31.2 Å². The van der Waals surface area contributed by atoms with E-state index < -0.39 is 5.25 Å². The number of thiophene rings is 1. The fourth-order valence-corrected chi connectivity index (χ4v) is 3.68. The number of hydrogen-bond donors (Lipinski definition) is 2. The molecule has 0 bridgehead atoms. The predicted molar refractivity (Wildman–Crippen MR) is 104 cm³/mol. The third-order valence-corrected chi connectivity index (χ3v) is 5.52. The lowest BCUT2D eigenvalue weighted by molar-refractivity contribution is -0.115. The van der Waals surface area contributed by atoms with E-state index in [9.17, 15) is 9.59 Å². The highest BCUT2D eigenvalue weighted by Crippen LogP contribution is 2.27. The second-order valence-electron chi connectivity index (χ2n) is 5.54. The minimum atomic E-state index is -0.446. The van der Waals surface area contributed by atoms with Crippen molar-refractivity contribution < 1.29 is 9.59 Å². The maximum atomic E-state index is 12.4. The van der Waals surface area contributed by atoms with Crippen LogP contribution < -0.4 is 11.2 Å². The second kappa shape index (κ2) is 7.71. The van der Waals surface area contributed by atoms with Gasteiger partial charge in [0, 0.05) is 11.3 Å². The zero-order valence-electron chi connectivity index (χ0n) is 14.2. The number of hydrogen-bond acceptors (Lipinski definition) is 7. The average molecular weight is 387 g/mol. The lowest BCUT2D eigenvalue weighted by Gasteiger charge is -2.12. The molecule has 26 heavy (non-hydrogen) atoms. The smallest absolute Gasteiger partial charge is 0.237 e. The Morgan fingerprint density at radius 3 is 2.77 bits per heavy atom. The van der Waals surface area contributed by atoms with E-state index in [-0.39, 0.29) is 11.7 Å². The molecular weight excluding hydrogens is 370 g/mol. The average Bonchev–Trinajstić information content (AvgIpc) is 3.25. The number of benzene rings is 1. The molecule has 7 nitrogen and oxygen atoms in total. The van der Waals surface area contributed by atoms with E-state index in [4.69, 9.17) is 5.84 Å². The summed E-state index contributed by atoms with van der Waals surface area (Å²) in [5.41, 5.74) is 1.12. The van der Waals surface area contributed by atoms with Crippen LogP contribution in [0.4, 0.5) is 5.69 Å². The van der Waals surface area contributed by atoms with Gasteiger partial charge in [0.15, 0.2) is 11.6 Å². The highest BCUT2D eigenvalue weighted by Gasteiger charge is 2.20. The van der Waals surface area contributed by atoms with Crippen molar-refractivity contribution in [2.75, 3.05) is 11.2 Å². The summed E-state index contributed by atoms with van der Waals surface area (Å²) in [7, 11) is 0. The van der Waals surface area contributed by atoms with Gasteiger partial charge in [-0.25, -0.2) is 4.68 Å². The largest absolute Gasteiger partial charge is 0.335 e. The zero-order chi connectivity index (χ0) is 18.7. The number of rotatable bonds is 6. The first kappa shape index (κ1) is 18.2. The maximum Gasteiger partial charge on any atom is 0.237 e. The number of carbonyl (C=O) groups excluding carboxylic acids is 2. The Labute approximate surface area is 158 Å². The minimum absolute atomic E-state index is 0.0548. The van der Waals surface area contributed by atoms with Crippen molar-refractivity contribution in [1.29, 1.82) is 0 Å². The number of nitrogens with two attached hydrogens (primary N) is 1. The van der Waals surface area contributed by atoms with Gasteiger partial charge in [-0.3, -0.25) is 9.59 Å². The molecule has 2 heterocycles. The van der Waals surface area contributed by atoms with Crippen LogP contribution in [-0.2, 0) is 4.79 Å².